The molecule has 2 fully saturated rings. The Morgan fingerprint density at radius 3 is 2.25 bits per heavy atom. The normalized spacial score (nSPS) is 16.7. The van der Waals surface area contributed by atoms with Gasteiger partial charge in [0.1, 0.15) is 60.0 Å². The van der Waals surface area contributed by atoms with Gasteiger partial charge in [-0.05, 0) is 87.0 Å². The van der Waals surface area contributed by atoms with Crippen LogP contribution in [-0.4, -0.2) is 178 Å². The van der Waals surface area contributed by atoms with Crippen LogP contribution in [0.25, 0.3) is 55.2 Å². The summed E-state index contributed by atoms with van der Waals surface area (Å²) in [5.41, 5.74) is 11.8. The first kappa shape index (κ1) is 63.4. The van der Waals surface area contributed by atoms with Gasteiger partial charge in [-0.3, -0.25) is 23.9 Å². The zero-order chi connectivity index (χ0) is 62.0. The molecule has 1 unspecified atom stereocenters. The van der Waals surface area contributed by atoms with Crippen LogP contribution in [0.4, 0.5) is 10.2 Å². The number of fused-ring (bicyclic) bond motifs is 3. The van der Waals surface area contributed by atoms with E-state index in [0.717, 1.165) is 47.0 Å². The maximum Gasteiger partial charge on any atom is 0.340 e. The van der Waals surface area contributed by atoms with Crippen LogP contribution in [0, 0.1) is 5.82 Å². The Bertz CT molecular complexity index is 3690. The fourth-order valence-corrected chi connectivity index (χ4v) is 11.5. The molecular weight excluding hydrogens is 1140 g/mol. The Labute approximate surface area is 506 Å². The lowest BCUT2D eigenvalue weighted by Crippen LogP contribution is -2.65. The summed E-state index contributed by atoms with van der Waals surface area (Å²) in [6.45, 7) is 6.83. The number of nitrogen functional groups attached to an aromatic ring is 1. The van der Waals surface area contributed by atoms with Gasteiger partial charge in [-0.25, -0.2) is 23.8 Å². The largest absolute Gasteiger partial charge is 0.483 e. The average molecular weight is 1210 g/mol. The van der Waals surface area contributed by atoms with E-state index in [9.17, 15) is 24.0 Å². The van der Waals surface area contributed by atoms with E-state index in [1.54, 1.807) is 28.8 Å². The molecule has 1 atom stereocenters. The van der Waals surface area contributed by atoms with Gasteiger partial charge in [0, 0.05) is 73.3 Å². The number of aldehydes is 1. The lowest BCUT2D eigenvalue weighted by molar-refractivity contribution is -0.141. The van der Waals surface area contributed by atoms with Crippen molar-refractivity contribution in [1.82, 2.24) is 64.9 Å². The highest BCUT2D eigenvalue weighted by Crippen LogP contribution is 2.43. The molecule has 6 N–H and O–H groups in total. The first-order valence-corrected chi connectivity index (χ1v) is 29.5. The maximum absolute atomic E-state index is 15.9. The van der Waals surface area contributed by atoms with Crippen molar-refractivity contribution in [2.24, 2.45) is 0 Å². The maximum atomic E-state index is 15.9. The molecule has 4 aliphatic heterocycles. The molecule has 0 spiro atoms. The van der Waals surface area contributed by atoms with Crippen molar-refractivity contribution in [3.63, 3.8) is 0 Å². The molecule has 0 saturated carbocycles. The third-order valence-electron chi connectivity index (χ3n) is 15.7. The number of likely N-dealkylation sites (tertiary alicyclic amines) is 1. The number of halogens is 1. The number of anilines is 1. The number of carbonyl (C=O) groups is 6. The van der Waals surface area contributed by atoms with E-state index < -0.39 is 5.82 Å². The number of para-hydroxylation sites is 1. The van der Waals surface area contributed by atoms with Gasteiger partial charge >= 0.3 is 5.91 Å². The van der Waals surface area contributed by atoms with Crippen molar-refractivity contribution < 1.29 is 57.2 Å². The number of nitrogens with zero attached hydrogens (tertiary/aromatic N) is 10. The molecule has 4 aromatic heterocycles. The fraction of sp³-hybridized carbons (Fsp3) is 0.403. The minimum atomic E-state index is -0.420. The van der Waals surface area contributed by atoms with Gasteiger partial charge in [0.15, 0.2) is 5.65 Å². The van der Waals surface area contributed by atoms with Crippen molar-refractivity contribution in [2.75, 3.05) is 98.2 Å². The zero-order valence-corrected chi connectivity index (χ0v) is 49.4. The molecule has 26 heteroatoms. The van der Waals surface area contributed by atoms with E-state index >= 15 is 4.39 Å². The summed E-state index contributed by atoms with van der Waals surface area (Å²) in [7, 11) is 1.75. The van der Waals surface area contributed by atoms with Gasteiger partial charge in [0.05, 0.1) is 94.4 Å². The highest BCUT2D eigenvalue weighted by Gasteiger charge is 2.46. The van der Waals surface area contributed by atoms with Crippen LogP contribution in [0.15, 0.2) is 97.5 Å². The van der Waals surface area contributed by atoms with Crippen molar-refractivity contribution in [2.45, 2.75) is 70.4 Å². The molecule has 2 saturated heterocycles. The smallest absolute Gasteiger partial charge is 0.340 e. The van der Waals surface area contributed by atoms with E-state index in [4.69, 9.17) is 44.8 Å². The standard InChI is InChI=1S/C56H59FN12O8.C5H12N2O.CH2O2/c57-45-32-39-34-62-68-47(39)33-44(45)43-9-4-10-46-51(43)53(63-66(46)22-25-70)38-17-23-69(68,24-18-38)50(73)16-15-48(71)59-20-27-75-29-31-76-30-28-74-26-19-49(72)65-21-5-6-40(35-65)67-56-52(55(58)60-36-61-56)54(64-67)37-11-13-42(14-12-37)77-41-7-2-1-3-8-41;1-3-7-5(8)4-6-2;2-1-3/h1-4,7-14,25,32-34,36,38,40H,5-6,15-24,26-31,35H2,(H2-,58,59,60,61,64,71);6H,3-4H2,1-2H3,(H,7,8);1H,(H,2,3)/p+1. The van der Waals surface area contributed by atoms with Crippen molar-refractivity contribution in [3.8, 4) is 33.9 Å². The zero-order valence-electron chi connectivity index (χ0n) is 49.4. The third kappa shape index (κ3) is 14.8. The second kappa shape index (κ2) is 30.5. The number of hydrogen-bond donors (Lipinski definition) is 5. The van der Waals surface area contributed by atoms with Crippen molar-refractivity contribution in [3.05, 3.63) is 109 Å². The molecule has 8 aromatic rings. The van der Waals surface area contributed by atoms with Gasteiger partial charge < -0.3 is 55.4 Å². The van der Waals surface area contributed by atoms with Crippen LogP contribution < -0.4 is 31.0 Å². The fourth-order valence-electron chi connectivity index (χ4n) is 11.5. The van der Waals surface area contributed by atoms with Crippen LogP contribution in [0.3, 0.4) is 0 Å². The molecule has 4 aromatic carbocycles. The highest BCUT2D eigenvalue weighted by atomic mass is 19.1. The number of nitrogens with two attached hydrogens (primary N) is 1. The number of benzene rings is 4. The van der Waals surface area contributed by atoms with Crippen LogP contribution in [0.2, 0.25) is 0 Å². The minimum Gasteiger partial charge on any atom is -0.483 e. The monoisotopic (exact) mass is 1210 g/mol. The molecule has 0 aliphatic carbocycles. The number of ether oxygens (including phenoxy) is 4. The summed E-state index contributed by atoms with van der Waals surface area (Å²) in [4.78, 5) is 83.6. The summed E-state index contributed by atoms with van der Waals surface area (Å²) < 4.78 is 42.4. The van der Waals surface area contributed by atoms with Gasteiger partial charge in [0.2, 0.25) is 17.7 Å². The second-order valence-corrected chi connectivity index (χ2v) is 21.2. The summed E-state index contributed by atoms with van der Waals surface area (Å²) in [5.74, 6) is 0.927. The molecule has 12 rings (SSSR count). The molecule has 88 heavy (non-hydrogen) atoms. The minimum absolute atomic E-state index is 0.000468. The number of amides is 4. The molecule has 8 heterocycles. The Balaban J connectivity index is 0.000000770. The molecule has 25 nitrogen and oxygen atoms in total. The number of quaternary nitrogens is 1. The lowest BCUT2D eigenvalue weighted by Gasteiger charge is -2.39. The number of hydrogen-bond acceptors (Lipinski definition) is 17. The van der Waals surface area contributed by atoms with E-state index in [2.05, 4.69) is 31.0 Å². The number of carboxylic acid groups (broad SMARTS) is 1. The SMILES string of the molecule is CCNC(=O)CNC.Nc1ncnc2c1c(-c1ccc(Oc3ccccc3)cc1)nn2C1CCCN(C(=O)CCOCCOCCOCCNC(=O)CCC(=O)[N+]23CCC(CC2)c2nn(CC=O)c4cccc(c24)-c2cc4c(cnn43)cc2F)C1.O=CO. The quantitative estimate of drug-likeness (QED) is 0.0276. The molecule has 4 bridgehead atoms. The first-order chi connectivity index (χ1) is 42.9. The van der Waals surface area contributed by atoms with Gasteiger partial charge in [-0.15, -0.1) is 9.69 Å². The Morgan fingerprint density at radius 2 is 1.52 bits per heavy atom. The third-order valence-corrected chi connectivity index (χ3v) is 15.7. The summed E-state index contributed by atoms with van der Waals surface area (Å²) in [6, 6.07) is 25.9. The first-order valence-electron chi connectivity index (χ1n) is 29.5. The molecule has 4 aliphatic rings. The number of carbonyl (C=O) groups excluding carboxylic acids is 5. The van der Waals surface area contributed by atoms with Crippen molar-refractivity contribution in [1.29, 1.82) is 0 Å². The van der Waals surface area contributed by atoms with E-state index in [0.29, 0.717) is 129 Å². The number of aromatic nitrogens is 8. The number of rotatable bonds is 24. The van der Waals surface area contributed by atoms with Crippen molar-refractivity contribution >= 4 is 75.0 Å². The Kier molecular flexibility index (Phi) is 22.0. The number of nitrogens with one attached hydrogen (secondary N) is 3. The van der Waals surface area contributed by atoms with Gasteiger partial charge in [0.25, 0.3) is 6.47 Å². The Hall–Kier alpha value is -9.08. The topological polar surface area (TPSA) is 304 Å². The van der Waals surface area contributed by atoms with Crippen LogP contribution in [-0.2, 0) is 49.5 Å². The number of likely N-dealkylation sites (N-methyl/N-ethyl adjacent to an activating group) is 2. The van der Waals surface area contributed by atoms with Gasteiger partial charge in [-0.2, -0.15) is 10.2 Å². The molecular formula is C62H74FN14O11+. The van der Waals surface area contributed by atoms with Crippen LogP contribution in [0.1, 0.15) is 69.5 Å². The predicted octanol–water partition coefficient (Wildman–Crippen LogP) is 5.67. The van der Waals surface area contributed by atoms with Crippen LogP contribution >= 0.6 is 0 Å². The Morgan fingerprint density at radius 1 is 0.795 bits per heavy atom. The second-order valence-electron chi connectivity index (χ2n) is 21.2. The predicted molar refractivity (Wildman–Crippen MR) is 326 cm³/mol. The van der Waals surface area contributed by atoms with E-state index in [-0.39, 0.29) is 92.2 Å². The van der Waals surface area contributed by atoms with Crippen LogP contribution in [0.5, 0.6) is 11.5 Å². The van der Waals surface area contributed by atoms with E-state index in [1.165, 1.54) is 12.4 Å². The summed E-state index contributed by atoms with van der Waals surface area (Å²) >= 11 is 0. The van der Waals surface area contributed by atoms with E-state index in [1.807, 2.05) is 89.3 Å². The molecule has 464 valence electrons. The molecule has 0 radical (unpaired) electrons. The average Bonchev–Trinajstić information content (AvgIpc) is 1.64. The molecule has 4 amide bonds. The summed E-state index contributed by atoms with van der Waals surface area (Å²) in [5, 5.41) is 31.8. The summed E-state index contributed by atoms with van der Waals surface area (Å²) in [6.07, 6.45) is 6.85. The van der Waals surface area contributed by atoms with Gasteiger partial charge in [-0.1, -0.05) is 35.1 Å². The lowest BCUT2D eigenvalue weighted by atomic mass is 9.88. The highest BCUT2D eigenvalue weighted by molar-refractivity contribution is 6.01. The number of piperidine rings is 2.